The zero-order valence-corrected chi connectivity index (χ0v) is 23.6. The van der Waals surface area contributed by atoms with Crippen LogP contribution in [0, 0.1) is 5.92 Å². The molecule has 12 nitrogen and oxygen atoms in total. The number of aromatic nitrogens is 2. The van der Waals surface area contributed by atoms with Crippen LogP contribution in [0.15, 0.2) is 67.1 Å². The molecule has 3 aromatic rings. The van der Waals surface area contributed by atoms with E-state index in [2.05, 4.69) is 25.9 Å². The van der Waals surface area contributed by atoms with Gasteiger partial charge < -0.3 is 36.9 Å². The van der Waals surface area contributed by atoms with Crippen molar-refractivity contribution in [2.45, 2.75) is 63.7 Å². The van der Waals surface area contributed by atoms with Crippen molar-refractivity contribution in [2.75, 3.05) is 0 Å². The molecular formula is C30H38N6O6. The summed E-state index contributed by atoms with van der Waals surface area (Å²) in [5.41, 5.74) is 8.08. The van der Waals surface area contributed by atoms with E-state index in [9.17, 15) is 29.4 Å². The molecule has 4 unspecified atom stereocenters. The number of hydrogen-bond donors (Lipinski definition) is 7. The minimum atomic E-state index is -1.29. The molecule has 224 valence electrons. The van der Waals surface area contributed by atoms with Gasteiger partial charge in [0.25, 0.3) is 0 Å². The van der Waals surface area contributed by atoms with Gasteiger partial charge in [-0.2, -0.15) is 0 Å². The average Bonchev–Trinajstić information content (AvgIpc) is 3.46. The van der Waals surface area contributed by atoms with E-state index >= 15 is 0 Å². The molecule has 2 aromatic carbocycles. The van der Waals surface area contributed by atoms with Crippen molar-refractivity contribution < 1.29 is 29.4 Å². The van der Waals surface area contributed by atoms with Gasteiger partial charge >= 0.3 is 5.97 Å². The zero-order valence-electron chi connectivity index (χ0n) is 23.6. The Morgan fingerprint density at radius 2 is 1.38 bits per heavy atom. The molecule has 4 atom stereocenters. The molecule has 1 aromatic heterocycles. The highest BCUT2D eigenvalue weighted by Crippen LogP contribution is 2.13. The summed E-state index contributed by atoms with van der Waals surface area (Å²) in [6.07, 6.45) is 3.57. The molecule has 42 heavy (non-hydrogen) atoms. The van der Waals surface area contributed by atoms with E-state index in [1.165, 1.54) is 18.5 Å². The van der Waals surface area contributed by atoms with Crippen molar-refractivity contribution in [2.24, 2.45) is 11.7 Å². The summed E-state index contributed by atoms with van der Waals surface area (Å²) in [6.45, 7) is 3.79. The number of aliphatic carboxylic acids is 1. The molecule has 3 rings (SSSR count). The monoisotopic (exact) mass is 578 g/mol. The number of carbonyl (C=O) groups excluding carboxylic acids is 3. The van der Waals surface area contributed by atoms with Crippen LogP contribution in [0.2, 0.25) is 0 Å². The van der Waals surface area contributed by atoms with Gasteiger partial charge in [-0.1, -0.05) is 56.3 Å². The highest BCUT2D eigenvalue weighted by Gasteiger charge is 2.31. The van der Waals surface area contributed by atoms with Gasteiger partial charge in [0.05, 0.1) is 12.4 Å². The zero-order chi connectivity index (χ0) is 30.6. The first-order valence-corrected chi connectivity index (χ1v) is 13.7. The molecule has 1 heterocycles. The van der Waals surface area contributed by atoms with Crippen molar-refractivity contribution in [3.05, 3.63) is 83.9 Å². The minimum absolute atomic E-state index is 0.0213. The molecule has 0 saturated carbocycles. The van der Waals surface area contributed by atoms with Crippen LogP contribution in [0.5, 0.6) is 5.75 Å². The Balaban J connectivity index is 1.76. The fourth-order valence-electron chi connectivity index (χ4n) is 4.38. The lowest BCUT2D eigenvalue weighted by molar-refractivity contribution is -0.142. The maximum Gasteiger partial charge on any atom is 0.326 e. The number of H-pyrrole nitrogens is 1. The fourth-order valence-corrected chi connectivity index (χ4v) is 4.38. The summed E-state index contributed by atoms with van der Waals surface area (Å²) in [4.78, 5) is 58.6. The molecule has 0 fully saturated rings. The van der Waals surface area contributed by atoms with Crippen LogP contribution in [0.3, 0.4) is 0 Å². The number of hydrogen-bond acceptors (Lipinski definition) is 7. The number of nitrogens with zero attached hydrogens (tertiary/aromatic N) is 1. The number of imidazole rings is 1. The van der Waals surface area contributed by atoms with Crippen LogP contribution < -0.4 is 21.7 Å². The molecule has 0 aliphatic heterocycles. The second kappa shape index (κ2) is 15.3. The molecule has 0 aliphatic rings. The lowest BCUT2D eigenvalue weighted by Crippen LogP contribution is -2.58. The van der Waals surface area contributed by atoms with Gasteiger partial charge in [0.2, 0.25) is 17.7 Å². The number of aromatic amines is 1. The van der Waals surface area contributed by atoms with Crippen molar-refractivity contribution in [3.8, 4) is 5.75 Å². The van der Waals surface area contributed by atoms with Crippen LogP contribution in [0.4, 0.5) is 0 Å². The molecule has 3 amide bonds. The Kier molecular flexibility index (Phi) is 11.6. The summed E-state index contributed by atoms with van der Waals surface area (Å²) >= 11 is 0. The minimum Gasteiger partial charge on any atom is -0.508 e. The largest absolute Gasteiger partial charge is 0.508 e. The number of carbonyl (C=O) groups is 4. The standard InChI is InChI=1S/C30H38N6O6/c1-18(2)12-24(34-27(38)23(31)15-21-16-32-17-33-21)28(39)35-25(13-19-6-4-3-5-7-19)29(40)36-26(30(41)42)14-20-8-10-22(37)11-9-20/h3-11,16-18,23-26,37H,12-15,31H2,1-2H3,(H,32,33)(H,34,38)(H,35,39)(H,36,40)(H,41,42). The number of benzene rings is 2. The summed E-state index contributed by atoms with van der Waals surface area (Å²) in [6, 6.07) is 10.6. The Morgan fingerprint density at radius 1 is 0.810 bits per heavy atom. The topological polar surface area (TPSA) is 200 Å². The molecule has 0 saturated heterocycles. The predicted molar refractivity (Wildman–Crippen MR) is 155 cm³/mol. The molecule has 0 spiro atoms. The quantitative estimate of drug-likeness (QED) is 0.139. The summed E-state index contributed by atoms with van der Waals surface area (Å²) in [5.74, 6) is -3.01. The number of phenolic OH excluding ortho intramolecular Hbond substituents is 1. The van der Waals surface area contributed by atoms with Crippen molar-refractivity contribution in [1.29, 1.82) is 0 Å². The number of nitrogens with two attached hydrogens (primary N) is 1. The number of carboxylic acids is 1. The van der Waals surface area contributed by atoms with Gasteiger partial charge in [0.1, 0.15) is 23.9 Å². The van der Waals surface area contributed by atoms with Gasteiger partial charge in [0.15, 0.2) is 0 Å². The molecule has 0 aliphatic carbocycles. The number of aromatic hydroxyl groups is 1. The number of rotatable bonds is 15. The number of amides is 3. The van der Waals surface area contributed by atoms with Crippen molar-refractivity contribution in [3.63, 3.8) is 0 Å². The van der Waals surface area contributed by atoms with Crippen LogP contribution in [-0.2, 0) is 38.4 Å². The lowest BCUT2D eigenvalue weighted by Gasteiger charge is -2.26. The second-order valence-corrected chi connectivity index (χ2v) is 10.6. The third-order valence-corrected chi connectivity index (χ3v) is 6.58. The highest BCUT2D eigenvalue weighted by atomic mass is 16.4. The van der Waals surface area contributed by atoms with Crippen LogP contribution in [-0.4, -0.2) is 68.0 Å². The molecule has 0 radical (unpaired) electrons. The lowest BCUT2D eigenvalue weighted by atomic mass is 10.00. The Bertz CT molecular complexity index is 1310. The molecule has 12 heteroatoms. The van der Waals surface area contributed by atoms with Crippen molar-refractivity contribution >= 4 is 23.7 Å². The third kappa shape index (κ3) is 10.0. The smallest absolute Gasteiger partial charge is 0.326 e. The number of carboxylic acid groups (broad SMARTS) is 1. The Labute approximate surface area is 244 Å². The van der Waals surface area contributed by atoms with E-state index < -0.39 is 47.9 Å². The van der Waals surface area contributed by atoms with Crippen LogP contribution in [0.1, 0.15) is 37.1 Å². The first kappa shape index (κ1) is 31.8. The van der Waals surface area contributed by atoms with Crippen LogP contribution in [0.25, 0.3) is 0 Å². The van der Waals surface area contributed by atoms with E-state index in [1.54, 1.807) is 42.6 Å². The van der Waals surface area contributed by atoms with Crippen molar-refractivity contribution in [1.82, 2.24) is 25.9 Å². The fraction of sp³-hybridized carbons (Fsp3) is 0.367. The van der Waals surface area contributed by atoms with Gasteiger partial charge in [-0.25, -0.2) is 9.78 Å². The summed E-state index contributed by atoms with van der Waals surface area (Å²) in [7, 11) is 0. The van der Waals surface area contributed by atoms with E-state index in [-0.39, 0.29) is 37.4 Å². The maximum atomic E-state index is 13.5. The first-order valence-electron chi connectivity index (χ1n) is 13.7. The van der Waals surface area contributed by atoms with E-state index in [4.69, 9.17) is 5.73 Å². The van der Waals surface area contributed by atoms with E-state index in [0.717, 1.165) is 5.56 Å². The van der Waals surface area contributed by atoms with E-state index in [1.807, 2.05) is 19.9 Å². The normalized spacial score (nSPS) is 13.9. The maximum absolute atomic E-state index is 13.5. The number of nitrogens with one attached hydrogen (secondary N) is 4. The summed E-state index contributed by atoms with van der Waals surface area (Å²) in [5, 5.41) is 27.3. The Hall–Kier alpha value is -4.71. The van der Waals surface area contributed by atoms with Gasteiger partial charge in [0, 0.05) is 31.2 Å². The van der Waals surface area contributed by atoms with Gasteiger partial charge in [-0.3, -0.25) is 14.4 Å². The average molecular weight is 579 g/mol. The van der Waals surface area contributed by atoms with Gasteiger partial charge in [-0.05, 0) is 35.6 Å². The SMILES string of the molecule is CC(C)CC(NC(=O)C(N)Cc1cnc[nH]1)C(=O)NC(Cc1ccccc1)C(=O)NC(Cc1ccc(O)cc1)C(=O)O. The molecule has 8 N–H and O–H groups in total. The predicted octanol–water partition coefficient (Wildman–Crippen LogP) is 1.06. The number of phenols is 1. The third-order valence-electron chi connectivity index (χ3n) is 6.58. The Morgan fingerprint density at radius 3 is 1.98 bits per heavy atom. The van der Waals surface area contributed by atoms with Gasteiger partial charge in [-0.15, -0.1) is 0 Å². The highest BCUT2D eigenvalue weighted by molar-refractivity contribution is 5.94. The first-order chi connectivity index (χ1) is 20.0. The molecule has 0 bridgehead atoms. The second-order valence-electron chi connectivity index (χ2n) is 10.6. The summed E-state index contributed by atoms with van der Waals surface area (Å²) < 4.78 is 0. The van der Waals surface area contributed by atoms with Crippen LogP contribution >= 0.6 is 0 Å². The molecular weight excluding hydrogens is 540 g/mol. The van der Waals surface area contributed by atoms with E-state index in [0.29, 0.717) is 11.3 Å².